The molecule has 2 rings (SSSR count). The minimum Gasteiger partial charge on any atom is -0.271 e. The number of hydrogen-bond acceptors (Lipinski definition) is 6. The molecule has 1 aromatic heterocycles. The van der Waals surface area contributed by atoms with Gasteiger partial charge in [0.2, 0.25) is 0 Å². The van der Waals surface area contributed by atoms with E-state index in [-0.39, 0.29) is 11.3 Å². The summed E-state index contributed by atoms with van der Waals surface area (Å²) in [5.41, 5.74) is 4.41. The fourth-order valence-corrected chi connectivity index (χ4v) is 5.05. The van der Waals surface area contributed by atoms with Crippen LogP contribution < -0.4 is 11.3 Å². The van der Waals surface area contributed by atoms with Gasteiger partial charge in [-0.15, -0.1) is 11.3 Å². The summed E-state index contributed by atoms with van der Waals surface area (Å²) in [6, 6.07) is -0.208. The van der Waals surface area contributed by atoms with Crippen LogP contribution in [0.5, 0.6) is 0 Å². The van der Waals surface area contributed by atoms with Crippen LogP contribution in [-0.4, -0.2) is 30.4 Å². The summed E-state index contributed by atoms with van der Waals surface area (Å²) in [5, 5.41) is -0.358. The molecule has 5 nitrogen and oxygen atoms in total. The van der Waals surface area contributed by atoms with Gasteiger partial charge in [-0.25, -0.2) is 8.42 Å². The molecule has 0 bridgehead atoms. The van der Waals surface area contributed by atoms with E-state index < -0.39 is 9.84 Å². The monoisotopic (exact) mass is 275 g/mol. The molecule has 0 radical (unpaired) electrons. The average Bonchev–Trinajstić information content (AvgIpc) is 2.79. The summed E-state index contributed by atoms with van der Waals surface area (Å²) in [5.74, 6) is 5.80. The molecule has 0 saturated carbocycles. The van der Waals surface area contributed by atoms with Crippen LogP contribution in [0.25, 0.3) is 0 Å². The number of hydrogen-bond donors (Lipinski definition) is 2. The Balaban J connectivity index is 2.12. The van der Waals surface area contributed by atoms with E-state index in [9.17, 15) is 8.42 Å². The van der Waals surface area contributed by atoms with Crippen LogP contribution in [-0.2, 0) is 16.3 Å². The van der Waals surface area contributed by atoms with Crippen LogP contribution in [0, 0.1) is 0 Å². The first kappa shape index (κ1) is 12.9. The molecular weight excluding hydrogens is 258 g/mol. The number of nitrogens with two attached hydrogens (primary N) is 1. The molecule has 0 amide bonds. The van der Waals surface area contributed by atoms with Crippen LogP contribution in [0.2, 0.25) is 0 Å². The highest BCUT2D eigenvalue weighted by Crippen LogP contribution is 2.24. The Hall–Kier alpha value is -0.500. The Morgan fingerprint density at radius 1 is 1.59 bits per heavy atom. The van der Waals surface area contributed by atoms with Crippen molar-refractivity contribution in [3.05, 3.63) is 16.6 Å². The second-order valence-corrected chi connectivity index (χ2v) is 7.66. The summed E-state index contributed by atoms with van der Waals surface area (Å²) >= 11 is 1.53. The topological polar surface area (TPSA) is 85.1 Å². The van der Waals surface area contributed by atoms with Gasteiger partial charge < -0.3 is 0 Å². The number of aromatic nitrogens is 1. The Morgan fingerprint density at radius 2 is 2.41 bits per heavy atom. The van der Waals surface area contributed by atoms with Crippen LogP contribution in [0.15, 0.2) is 11.7 Å². The van der Waals surface area contributed by atoms with Gasteiger partial charge >= 0.3 is 0 Å². The van der Waals surface area contributed by atoms with Crippen molar-refractivity contribution >= 4 is 21.2 Å². The number of sulfone groups is 1. The fourth-order valence-electron chi connectivity index (χ4n) is 2.29. The molecule has 3 N–H and O–H groups in total. The lowest BCUT2D eigenvalue weighted by Crippen LogP contribution is -2.50. The summed E-state index contributed by atoms with van der Waals surface area (Å²) in [6.45, 7) is 0. The van der Waals surface area contributed by atoms with Crippen molar-refractivity contribution in [2.24, 2.45) is 5.84 Å². The number of nitrogens with zero attached hydrogens (tertiary/aromatic N) is 1. The quantitative estimate of drug-likeness (QED) is 0.617. The largest absolute Gasteiger partial charge is 0.271 e. The number of hydrazine groups is 1. The lowest BCUT2D eigenvalue weighted by atomic mass is 10.0. The van der Waals surface area contributed by atoms with Crippen LogP contribution >= 0.6 is 11.3 Å². The number of rotatable bonds is 4. The molecule has 0 aliphatic carbocycles. The fraction of sp³-hybridized carbons (Fsp3) is 0.700. The first-order valence-corrected chi connectivity index (χ1v) is 8.28. The zero-order valence-corrected chi connectivity index (χ0v) is 11.1. The molecule has 2 unspecified atom stereocenters. The molecule has 1 aromatic rings. The van der Waals surface area contributed by atoms with Gasteiger partial charge in [-0.3, -0.25) is 16.3 Å². The third kappa shape index (κ3) is 3.04. The van der Waals surface area contributed by atoms with Crippen molar-refractivity contribution in [3.8, 4) is 0 Å². The molecule has 1 saturated heterocycles. The van der Waals surface area contributed by atoms with Crippen molar-refractivity contribution in [3.63, 3.8) is 0 Å². The van der Waals surface area contributed by atoms with Crippen LogP contribution in [0.1, 0.15) is 24.1 Å². The second kappa shape index (κ2) is 5.43. The van der Waals surface area contributed by atoms with Crippen LogP contribution in [0.3, 0.4) is 0 Å². The molecule has 1 aliphatic rings. The molecule has 2 atom stereocenters. The highest BCUT2D eigenvalue weighted by Gasteiger charge is 2.35. The summed E-state index contributed by atoms with van der Waals surface area (Å²) < 4.78 is 24.0. The zero-order chi connectivity index (χ0) is 12.3. The second-order valence-electron chi connectivity index (χ2n) is 4.35. The Morgan fingerprint density at radius 3 is 3.00 bits per heavy atom. The van der Waals surface area contributed by atoms with Gasteiger partial charge in [0, 0.05) is 23.5 Å². The zero-order valence-electron chi connectivity index (χ0n) is 9.50. The van der Waals surface area contributed by atoms with E-state index in [0.29, 0.717) is 18.6 Å². The first-order valence-electron chi connectivity index (χ1n) is 5.68. The van der Waals surface area contributed by atoms with Gasteiger partial charge in [-0.2, -0.15) is 0 Å². The third-order valence-corrected chi connectivity index (χ3v) is 6.34. The predicted octanol–water partition coefficient (Wildman–Crippen LogP) is 0.485. The summed E-state index contributed by atoms with van der Waals surface area (Å²) in [6.07, 6.45) is 4.84. The lowest BCUT2D eigenvalue weighted by molar-refractivity contribution is 0.442. The van der Waals surface area contributed by atoms with Crippen molar-refractivity contribution < 1.29 is 8.42 Å². The van der Waals surface area contributed by atoms with Gasteiger partial charge in [-0.05, 0) is 12.8 Å². The minimum absolute atomic E-state index is 0.208. The minimum atomic E-state index is -3.00. The smallest absolute Gasteiger partial charge is 0.154 e. The van der Waals surface area contributed by atoms with Gasteiger partial charge in [-0.1, -0.05) is 6.42 Å². The molecule has 0 aromatic carbocycles. The van der Waals surface area contributed by atoms with E-state index in [4.69, 9.17) is 5.84 Å². The summed E-state index contributed by atoms with van der Waals surface area (Å²) in [7, 11) is -3.00. The predicted molar refractivity (Wildman–Crippen MR) is 68.4 cm³/mol. The van der Waals surface area contributed by atoms with Crippen molar-refractivity contribution in [1.82, 2.24) is 10.4 Å². The SMILES string of the molecule is NNC(Cc1cncs1)C1CCCCS1(=O)=O. The Labute approximate surface area is 105 Å². The Kier molecular flexibility index (Phi) is 4.13. The van der Waals surface area contributed by atoms with Gasteiger partial charge in [0.1, 0.15) is 0 Å². The highest BCUT2D eigenvalue weighted by atomic mass is 32.2. The third-order valence-electron chi connectivity index (χ3n) is 3.20. The molecule has 1 fully saturated rings. The van der Waals surface area contributed by atoms with Gasteiger partial charge in [0.05, 0.1) is 16.5 Å². The maximum absolute atomic E-state index is 12.0. The van der Waals surface area contributed by atoms with Gasteiger partial charge in [0.15, 0.2) is 9.84 Å². The molecule has 1 aliphatic heterocycles. The molecule has 7 heteroatoms. The number of thiazole rings is 1. The first-order chi connectivity index (χ1) is 8.13. The molecule has 96 valence electrons. The maximum Gasteiger partial charge on any atom is 0.154 e. The average molecular weight is 275 g/mol. The maximum atomic E-state index is 12.0. The lowest BCUT2D eigenvalue weighted by Gasteiger charge is -2.29. The van der Waals surface area contributed by atoms with E-state index in [1.165, 1.54) is 11.3 Å². The normalized spacial score (nSPS) is 25.6. The van der Waals surface area contributed by atoms with Crippen molar-refractivity contribution in [2.75, 3.05) is 5.75 Å². The van der Waals surface area contributed by atoms with E-state index in [1.807, 2.05) is 0 Å². The summed E-state index contributed by atoms with van der Waals surface area (Å²) in [4.78, 5) is 5.06. The molecule has 2 heterocycles. The van der Waals surface area contributed by atoms with Crippen molar-refractivity contribution in [1.29, 1.82) is 0 Å². The van der Waals surface area contributed by atoms with Crippen LogP contribution in [0.4, 0.5) is 0 Å². The van der Waals surface area contributed by atoms with E-state index in [2.05, 4.69) is 10.4 Å². The Bertz CT molecular complexity index is 444. The standard InChI is InChI=1S/C10H17N3O2S2/c11-13-9(5-8-6-12-7-16-8)10-3-1-2-4-17(10,14)15/h6-7,9-10,13H,1-5,11H2. The molecule has 0 spiro atoms. The van der Waals surface area contributed by atoms with E-state index in [1.54, 1.807) is 11.7 Å². The number of nitrogens with one attached hydrogen (secondary N) is 1. The van der Waals surface area contributed by atoms with Gasteiger partial charge in [0.25, 0.3) is 0 Å². The van der Waals surface area contributed by atoms with E-state index in [0.717, 1.165) is 17.7 Å². The molecular formula is C10H17N3O2S2. The van der Waals surface area contributed by atoms with E-state index >= 15 is 0 Å². The molecule has 17 heavy (non-hydrogen) atoms. The highest BCUT2D eigenvalue weighted by molar-refractivity contribution is 7.92. The van der Waals surface area contributed by atoms with Crippen molar-refractivity contribution in [2.45, 2.75) is 37.0 Å².